The Hall–Kier alpha value is -1.06. The van der Waals surface area contributed by atoms with Gasteiger partial charge in [-0.2, -0.15) is 0 Å². The lowest BCUT2D eigenvalue weighted by Gasteiger charge is -2.13. The Balaban J connectivity index is 2.34. The third-order valence-corrected chi connectivity index (χ3v) is 1.78. The topological polar surface area (TPSA) is 63.4 Å². The minimum absolute atomic E-state index is 0.130. The van der Waals surface area contributed by atoms with Gasteiger partial charge in [-0.3, -0.25) is 9.59 Å². The van der Waals surface area contributed by atoms with E-state index in [0.29, 0.717) is 0 Å². The molecule has 1 aliphatic heterocycles. The molecule has 1 saturated heterocycles. The monoisotopic (exact) mass is 156 g/mol. The molecule has 4 heteroatoms. The van der Waals surface area contributed by atoms with Crippen molar-refractivity contribution in [2.24, 2.45) is 5.73 Å². The van der Waals surface area contributed by atoms with E-state index >= 15 is 0 Å². The Kier molecular flexibility index (Phi) is 2.46. The first-order valence-corrected chi connectivity index (χ1v) is 3.76. The molecule has 0 aliphatic carbocycles. The maximum absolute atomic E-state index is 11.1. The van der Waals surface area contributed by atoms with Gasteiger partial charge in [0.15, 0.2) is 0 Å². The van der Waals surface area contributed by atoms with Gasteiger partial charge >= 0.3 is 0 Å². The first-order valence-electron chi connectivity index (χ1n) is 3.76. The zero-order valence-electron chi connectivity index (χ0n) is 6.38. The van der Waals surface area contributed by atoms with Gasteiger partial charge in [-0.05, 0) is 12.8 Å². The van der Waals surface area contributed by atoms with Crippen LogP contribution in [-0.2, 0) is 9.59 Å². The summed E-state index contributed by atoms with van der Waals surface area (Å²) < 4.78 is 0. The summed E-state index contributed by atoms with van der Waals surface area (Å²) in [5, 5.41) is 0. The van der Waals surface area contributed by atoms with Crippen molar-refractivity contribution in [1.82, 2.24) is 4.90 Å². The molecule has 1 rings (SSSR count). The summed E-state index contributed by atoms with van der Waals surface area (Å²) in [5.74, 6) is -0.670. The minimum Gasteiger partial charge on any atom is -0.369 e. The van der Waals surface area contributed by atoms with Crippen LogP contribution in [0, 0.1) is 0 Å². The van der Waals surface area contributed by atoms with Crippen LogP contribution < -0.4 is 5.73 Å². The molecule has 0 saturated carbocycles. The van der Waals surface area contributed by atoms with Gasteiger partial charge in [0.1, 0.15) is 6.42 Å². The molecule has 0 spiro atoms. The van der Waals surface area contributed by atoms with Crippen LogP contribution in [0.5, 0.6) is 0 Å². The van der Waals surface area contributed by atoms with E-state index in [1.165, 1.54) is 0 Å². The molecule has 1 fully saturated rings. The van der Waals surface area contributed by atoms with E-state index < -0.39 is 5.91 Å². The smallest absolute Gasteiger partial charge is 0.231 e. The summed E-state index contributed by atoms with van der Waals surface area (Å²) in [6.45, 7) is 1.57. The second kappa shape index (κ2) is 3.37. The molecule has 0 bridgehead atoms. The Morgan fingerprint density at radius 2 is 1.82 bits per heavy atom. The van der Waals surface area contributed by atoms with Crippen LogP contribution in [0.25, 0.3) is 0 Å². The largest absolute Gasteiger partial charge is 0.369 e. The molecule has 62 valence electrons. The van der Waals surface area contributed by atoms with Gasteiger partial charge in [0.2, 0.25) is 11.8 Å². The summed E-state index contributed by atoms with van der Waals surface area (Å²) in [4.78, 5) is 23.1. The summed E-state index contributed by atoms with van der Waals surface area (Å²) in [7, 11) is 0. The van der Waals surface area contributed by atoms with Crippen molar-refractivity contribution < 1.29 is 9.59 Å². The maximum Gasteiger partial charge on any atom is 0.231 e. The number of hydrogen-bond donors (Lipinski definition) is 1. The molecule has 11 heavy (non-hydrogen) atoms. The first kappa shape index (κ1) is 8.04. The SMILES string of the molecule is NC(=O)CC(=O)N1CCCC1. The van der Waals surface area contributed by atoms with Gasteiger partial charge < -0.3 is 10.6 Å². The van der Waals surface area contributed by atoms with Gasteiger partial charge in [-0.1, -0.05) is 0 Å². The Bertz CT molecular complexity index is 173. The lowest BCUT2D eigenvalue weighted by molar-refractivity contribution is -0.134. The van der Waals surface area contributed by atoms with Crippen LogP contribution in [0.15, 0.2) is 0 Å². The van der Waals surface area contributed by atoms with E-state index in [1.807, 2.05) is 0 Å². The van der Waals surface area contributed by atoms with Crippen molar-refractivity contribution in [3.8, 4) is 0 Å². The van der Waals surface area contributed by atoms with Crippen molar-refractivity contribution in [3.63, 3.8) is 0 Å². The second-order valence-electron chi connectivity index (χ2n) is 2.73. The van der Waals surface area contributed by atoms with Gasteiger partial charge in [0.05, 0.1) is 0 Å². The average molecular weight is 156 g/mol. The molecule has 2 amide bonds. The Morgan fingerprint density at radius 3 is 2.27 bits per heavy atom. The number of hydrogen-bond acceptors (Lipinski definition) is 2. The minimum atomic E-state index is -0.540. The van der Waals surface area contributed by atoms with E-state index in [9.17, 15) is 9.59 Å². The fourth-order valence-corrected chi connectivity index (χ4v) is 1.23. The van der Waals surface area contributed by atoms with E-state index in [1.54, 1.807) is 4.90 Å². The normalized spacial score (nSPS) is 16.9. The molecule has 0 radical (unpaired) electrons. The molecule has 0 aromatic heterocycles. The predicted octanol–water partition coefficient (Wildman–Crippen LogP) is -0.516. The number of primary amides is 1. The lowest BCUT2D eigenvalue weighted by Crippen LogP contribution is -2.31. The van der Waals surface area contributed by atoms with Crippen LogP contribution in [0.3, 0.4) is 0 Å². The highest BCUT2D eigenvalue weighted by Gasteiger charge is 2.18. The molecule has 0 unspecified atom stereocenters. The number of amides is 2. The standard InChI is InChI=1S/C7H12N2O2/c8-6(10)5-7(11)9-3-1-2-4-9/h1-5H2,(H2,8,10). The van der Waals surface area contributed by atoms with Gasteiger partial charge in [0.25, 0.3) is 0 Å². The first-order chi connectivity index (χ1) is 5.20. The fraction of sp³-hybridized carbons (Fsp3) is 0.714. The van der Waals surface area contributed by atoms with Crippen LogP contribution in [0.4, 0.5) is 0 Å². The number of likely N-dealkylation sites (tertiary alicyclic amines) is 1. The van der Waals surface area contributed by atoms with Crippen molar-refractivity contribution in [1.29, 1.82) is 0 Å². The summed E-state index contributed by atoms with van der Waals surface area (Å²) >= 11 is 0. The molecule has 1 aliphatic rings. The number of carbonyl (C=O) groups excluding carboxylic acids is 2. The molecule has 0 aromatic rings. The fourth-order valence-electron chi connectivity index (χ4n) is 1.23. The number of rotatable bonds is 2. The zero-order valence-corrected chi connectivity index (χ0v) is 6.38. The summed E-state index contributed by atoms with van der Waals surface area (Å²) in [6, 6.07) is 0. The summed E-state index contributed by atoms with van der Waals surface area (Å²) in [5.41, 5.74) is 4.87. The molecule has 2 N–H and O–H groups in total. The average Bonchev–Trinajstić information content (AvgIpc) is 2.35. The van der Waals surface area contributed by atoms with Crippen LogP contribution in [0.1, 0.15) is 19.3 Å². The maximum atomic E-state index is 11.1. The molecule has 4 nitrogen and oxygen atoms in total. The highest BCUT2D eigenvalue weighted by molar-refractivity contribution is 5.96. The van der Waals surface area contributed by atoms with Crippen molar-refractivity contribution in [2.75, 3.05) is 13.1 Å². The molecule has 0 atom stereocenters. The van der Waals surface area contributed by atoms with Gasteiger partial charge in [0, 0.05) is 13.1 Å². The van der Waals surface area contributed by atoms with Crippen LogP contribution >= 0.6 is 0 Å². The Morgan fingerprint density at radius 1 is 1.27 bits per heavy atom. The lowest BCUT2D eigenvalue weighted by atomic mass is 10.3. The quantitative estimate of drug-likeness (QED) is 0.547. The van der Waals surface area contributed by atoms with Gasteiger partial charge in [-0.25, -0.2) is 0 Å². The number of nitrogens with zero attached hydrogens (tertiary/aromatic N) is 1. The second-order valence-corrected chi connectivity index (χ2v) is 2.73. The van der Waals surface area contributed by atoms with Crippen molar-refractivity contribution in [3.05, 3.63) is 0 Å². The van der Waals surface area contributed by atoms with E-state index in [4.69, 9.17) is 5.73 Å². The van der Waals surface area contributed by atoms with E-state index in [0.717, 1.165) is 25.9 Å². The number of carbonyl (C=O) groups is 2. The molecule has 1 heterocycles. The Labute approximate surface area is 65.3 Å². The van der Waals surface area contributed by atoms with E-state index in [2.05, 4.69) is 0 Å². The van der Waals surface area contributed by atoms with E-state index in [-0.39, 0.29) is 12.3 Å². The van der Waals surface area contributed by atoms with Gasteiger partial charge in [-0.15, -0.1) is 0 Å². The summed E-state index contributed by atoms with van der Waals surface area (Å²) in [6.07, 6.45) is 1.95. The number of nitrogens with two attached hydrogens (primary N) is 1. The third-order valence-electron chi connectivity index (χ3n) is 1.78. The van der Waals surface area contributed by atoms with Crippen LogP contribution in [0.2, 0.25) is 0 Å². The van der Waals surface area contributed by atoms with Crippen molar-refractivity contribution >= 4 is 11.8 Å². The predicted molar refractivity (Wildman–Crippen MR) is 39.6 cm³/mol. The highest BCUT2D eigenvalue weighted by atomic mass is 16.2. The molecular weight excluding hydrogens is 144 g/mol. The van der Waals surface area contributed by atoms with Crippen molar-refractivity contribution in [2.45, 2.75) is 19.3 Å². The van der Waals surface area contributed by atoms with Crippen LogP contribution in [-0.4, -0.2) is 29.8 Å². The molecule has 0 aromatic carbocycles. The molecular formula is C7H12N2O2. The third kappa shape index (κ3) is 2.22. The zero-order chi connectivity index (χ0) is 8.27. The highest BCUT2D eigenvalue weighted by Crippen LogP contribution is 2.08.